The van der Waals surface area contributed by atoms with Crippen LogP contribution in [0, 0.1) is 11.6 Å². The zero-order chi connectivity index (χ0) is 15.4. The second-order valence-electron chi connectivity index (χ2n) is 5.54. The molecule has 1 aliphatic rings. The highest BCUT2D eigenvalue weighted by molar-refractivity contribution is 5.78. The van der Waals surface area contributed by atoms with Crippen LogP contribution in [0.5, 0.6) is 0 Å². The molecule has 1 atom stereocenters. The van der Waals surface area contributed by atoms with Gasteiger partial charge >= 0.3 is 0 Å². The summed E-state index contributed by atoms with van der Waals surface area (Å²) < 4.78 is 27.3. The first kappa shape index (κ1) is 15.9. The molecule has 1 fully saturated rings. The number of likely N-dealkylation sites (tertiary alicyclic amines) is 1. The Labute approximate surface area is 123 Å². The molecule has 1 saturated heterocycles. The van der Waals surface area contributed by atoms with Gasteiger partial charge in [-0.1, -0.05) is 6.07 Å². The SMILES string of the molecule is CC(NC(=O)CN1CCC(N)CC1)c1c(F)cccc1F. The first-order chi connectivity index (χ1) is 9.97. The standard InChI is InChI=1S/C15H21F2N3O/c1-10(15-12(16)3-2-4-13(15)17)19-14(21)9-20-7-5-11(18)6-8-20/h2-4,10-11H,5-9,18H2,1H3,(H,19,21). The maximum atomic E-state index is 13.6. The van der Waals surface area contributed by atoms with Crippen LogP contribution in [0.25, 0.3) is 0 Å². The number of benzene rings is 1. The molecular weight excluding hydrogens is 276 g/mol. The third-order valence-corrected chi connectivity index (χ3v) is 3.81. The molecule has 1 aliphatic heterocycles. The molecule has 0 spiro atoms. The molecule has 2 rings (SSSR count). The highest BCUT2D eigenvalue weighted by atomic mass is 19.1. The summed E-state index contributed by atoms with van der Waals surface area (Å²) in [6, 6.07) is 3.18. The van der Waals surface area contributed by atoms with Crippen molar-refractivity contribution in [3.05, 3.63) is 35.4 Å². The Hall–Kier alpha value is -1.53. The van der Waals surface area contributed by atoms with Crippen LogP contribution in [-0.2, 0) is 4.79 Å². The summed E-state index contributed by atoms with van der Waals surface area (Å²) in [6.07, 6.45) is 1.73. The average molecular weight is 297 g/mol. The van der Waals surface area contributed by atoms with E-state index in [4.69, 9.17) is 5.73 Å². The van der Waals surface area contributed by atoms with Crippen LogP contribution in [-0.4, -0.2) is 36.5 Å². The van der Waals surface area contributed by atoms with E-state index in [9.17, 15) is 13.6 Å². The van der Waals surface area contributed by atoms with E-state index in [1.807, 2.05) is 4.90 Å². The van der Waals surface area contributed by atoms with Gasteiger partial charge < -0.3 is 11.1 Å². The number of hydrogen-bond donors (Lipinski definition) is 2. The van der Waals surface area contributed by atoms with E-state index in [1.54, 1.807) is 6.92 Å². The quantitative estimate of drug-likeness (QED) is 0.887. The van der Waals surface area contributed by atoms with Gasteiger partial charge in [0.05, 0.1) is 12.6 Å². The molecule has 0 saturated carbocycles. The number of halogens is 2. The van der Waals surface area contributed by atoms with Crippen LogP contribution in [0.15, 0.2) is 18.2 Å². The molecule has 1 aromatic carbocycles. The monoisotopic (exact) mass is 297 g/mol. The van der Waals surface area contributed by atoms with Gasteiger partial charge in [-0.2, -0.15) is 0 Å². The number of piperidine rings is 1. The zero-order valence-electron chi connectivity index (χ0n) is 12.1. The van der Waals surface area contributed by atoms with Crippen molar-refractivity contribution in [3.8, 4) is 0 Å². The second-order valence-corrected chi connectivity index (χ2v) is 5.54. The number of hydrogen-bond acceptors (Lipinski definition) is 3. The number of nitrogens with zero attached hydrogens (tertiary/aromatic N) is 1. The van der Waals surface area contributed by atoms with Gasteiger partial charge in [-0.05, 0) is 31.9 Å². The van der Waals surface area contributed by atoms with Crippen LogP contribution in [0.3, 0.4) is 0 Å². The summed E-state index contributed by atoms with van der Waals surface area (Å²) >= 11 is 0. The molecular formula is C15H21F2N3O. The topological polar surface area (TPSA) is 58.4 Å². The first-order valence-electron chi connectivity index (χ1n) is 7.18. The Morgan fingerprint density at radius 2 is 1.95 bits per heavy atom. The number of rotatable bonds is 4. The van der Waals surface area contributed by atoms with Crippen molar-refractivity contribution < 1.29 is 13.6 Å². The van der Waals surface area contributed by atoms with Gasteiger partial charge in [0.2, 0.25) is 5.91 Å². The molecule has 1 aromatic rings. The van der Waals surface area contributed by atoms with E-state index in [-0.39, 0.29) is 24.1 Å². The van der Waals surface area contributed by atoms with Crippen molar-refractivity contribution in [3.63, 3.8) is 0 Å². The van der Waals surface area contributed by atoms with E-state index in [0.29, 0.717) is 0 Å². The van der Waals surface area contributed by atoms with Gasteiger partial charge in [0.15, 0.2) is 0 Å². The predicted octanol–water partition coefficient (Wildman–Crippen LogP) is 1.57. The summed E-state index contributed by atoms with van der Waals surface area (Å²) in [4.78, 5) is 14.0. The predicted molar refractivity (Wildman–Crippen MR) is 76.6 cm³/mol. The zero-order valence-corrected chi connectivity index (χ0v) is 12.1. The van der Waals surface area contributed by atoms with Crippen molar-refractivity contribution in [2.24, 2.45) is 5.73 Å². The number of amides is 1. The van der Waals surface area contributed by atoms with Crippen LogP contribution in [0.1, 0.15) is 31.4 Å². The molecule has 0 bridgehead atoms. The maximum Gasteiger partial charge on any atom is 0.234 e. The fourth-order valence-corrected chi connectivity index (χ4v) is 2.60. The fraction of sp³-hybridized carbons (Fsp3) is 0.533. The number of carbonyl (C=O) groups excluding carboxylic acids is 1. The van der Waals surface area contributed by atoms with E-state index in [2.05, 4.69) is 5.32 Å². The molecule has 6 heteroatoms. The van der Waals surface area contributed by atoms with Gasteiger partial charge in [0.1, 0.15) is 11.6 Å². The molecule has 0 aliphatic carbocycles. The normalized spacial score (nSPS) is 18.5. The van der Waals surface area contributed by atoms with Crippen molar-refractivity contribution in [1.82, 2.24) is 10.2 Å². The molecule has 1 heterocycles. The van der Waals surface area contributed by atoms with Gasteiger partial charge in [-0.15, -0.1) is 0 Å². The van der Waals surface area contributed by atoms with Crippen molar-refractivity contribution in [2.45, 2.75) is 31.8 Å². The second kappa shape index (κ2) is 6.95. The number of nitrogens with two attached hydrogens (primary N) is 1. The van der Waals surface area contributed by atoms with E-state index < -0.39 is 17.7 Å². The van der Waals surface area contributed by atoms with Crippen LogP contribution < -0.4 is 11.1 Å². The van der Waals surface area contributed by atoms with Crippen molar-refractivity contribution in [1.29, 1.82) is 0 Å². The maximum absolute atomic E-state index is 13.6. The summed E-state index contributed by atoms with van der Waals surface area (Å²) in [5.41, 5.74) is 5.70. The highest BCUT2D eigenvalue weighted by Crippen LogP contribution is 2.20. The lowest BCUT2D eigenvalue weighted by molar-refractivity contribution is -0.123. The van der Waals surface area contributed by atoms with E-state index >= 15 is 0 Å². The molecule has 21 heavy (non-hydrogen) atoms. The lowest BCUT2D eigenvalue weighted by atomic mass is 10.1. The minimum absolute atomic E-state index is 0.105. The Kier molecular flexibility index (Phi) is 5.25. The first-order valence-corrected chi connectivity index (χ1v) is 7.18. The largest absolute Gasteiger partial charge is 0.348 e. The van der Waals surface area contributed by atoms with E-state index in [0.717, 1.165) is 25.9 Å². The lowest BCUT2D eigenvalue weighted by Crippen LogP contribution is -2.45. The van der Waals surface area contributed by atoms with Crippen molar-refractivity contribution in [2.75, 3.05) is 19.6 Å². The van der Waals surface area contributed by atoms with Gasteiger partial charge in [-0.3, -0.25) is 9.69 Å². The molecule has 116 valence electrons. The van der Waals surface area contributed by atoms with Crippen LogP contribution in [0.2, 0.25) is 0 Å². The number of carbonyl (C=O) groups is 1. The minimum Gasteiger partial charge on any atom is -0.348 e. The third-order valence-electron chi connectivity index (χ3n) is 3.81. The molecule has 0 radical (unpaired) electrons. The van der Waals surface area contributed by atoms with Crippen LogP contribution >= 0.6 is 0 Å². The summed E-state index contributed by atoms with van der Waals surface area (Å²) in [5, 5.41) is 2.64. The summed E-state index contributed by atoms with van der Waals surface area (Å²) in [5.74, 6) is -1.53. The average Bonchev–Trinajstić information content (AvgIpc) is 2.41. The Morgan fingerprint density at radius 1 is 1.38 bits per heavy atom. The molecule has 3 N–H and O–H groups in total. The van der Waals surface area contributed by atoms with E-state index in [1.165, 1.54) is 18.2 Å². The Bertz CT molecular complexity index is 481. The fourth-order valence-electron chi connectivity index (χ4n) is 2.60. The molecule has 1 amide bonds. The number of nitrogens with one attached hydrogen (secondary N) is 1. The minimum atomic E-state index is -0.703. The Balaban J connectivity index is 1.90. The molecule has 1 unspecified atom stereocenters. The summed E-state index contributed by atoms with van der Waals surface area (Å²) in [7, 11) is 0. The highest BCUT2D eigenvalue weighted by Gasteiger charge is 2.21. The Morgan fingerprint density at radius 3 is 2.52 bits per heavy atom. The van der Waals surface area contributed by atoms with Gasteiger partial charge in [0.25, 0.3) is 0 Å². The summed E-state index contributed by atoms with van der Waals surface area (Å²) in [6.45, 7) is 3.35. The van der Waals surface area contributed by atoms with Crippen LogP contribution in [0.4, 0.5) is 8.78 Å². The van der Waals surface area contributed by atoms with Gasteiger partial charge in [0, 0.05) is 24.7 Å². The lowest BCUT2D eigenvalue weighted by Gasteiger charge is -2.29. The van der Waals surface area contributed by atoms with Gasteiger partial charge in [-0.25, -0.2) is 8.78 Å². The third kappa shape index (κ3) is 4.22. The molecule has 4 nitrogen and oxygen atoms in total. The van der Waals surface area contributed by atoms with Crippen molar-refractivity contribution >= 4 is 5.91 Å². The molecule has 0 aromatic heterocycles. The smallest absolute Gasteiger partial charge is 0.234 e.